The molecular weight excluding hydrogens is 484 g/mol. The van der Waals surface area contributed by atoms with E-state index in [1.165, 1.54) is 65.9 Å². The second-order valence-corrected chi connectivity index (χ2v) is 9.73. The van der Waals surface area contributed by atoms with E-state index in [0.29, 0.717) is 0 Å². The predicted molar refractivity (Wildman–Crippen MR) is 156 cm³/mol. The third kappa shape index (κ3) is 3.60. The molecule has 2 heterocycles. The van der Waals surface area contributed by atoms with Crippen molar-refractivity contribution in [1.29, 1.82) is 0 Å². The maximum atomic E-state index is 2.42. The second kappa shape index (κ2) is 9.63. The van der Waals surface area contributed by atoms with Crippen molar-refractivity contribution in [3.8, 4) is 11.1 Å². The lowest BCUT2D eigenvalue weighted by Gasteiger charge is -2.11. The number of hydrogen-bond acceptors (Lipinski definition) is 0. The van der Waals surface area contributed by atoms with E-state index in [0.717, 1.165) is 13.1 Å². The number of rotatable bonds is 4. The van der Waals surface area contributed by atoms with Gasteiger partial charge < -0.3 is 17.0 Å². The number of nitrogens with zero attached hydrogens (tertiary/aromatic N) is 2. The summed E-state index contributed by atoms with van der Waals surface area (Å²) in [6.45, 7) is 6.36. The first-order chi connectivity index (χ1) is 18.3. The molecule has 0 N–H and O–H groups in total. The number of aromatic nitrogens is 1. The Morgan fingerprint density at radius 1 is 0.632 bits per heavy atom. The fourth-order valence-electron chi connectivity index (χ4n) is 6.20. The molecule has 0 amide bonds. The molecule has 0 atom stereocenters. The van der Waals surface area contributed by atoms with Crippen molar-refractivity contribution in [3.05, 3.63) is 137 Å². The Bertz CT molecular complexity index is 1950. The van der Waals surface area contributed by atoms with Crippen LogP contribution in [0.5, 0.6) is 0 Å². The first-order valence-electron chi connectivity index (χ1n) is 13.2. The molecule has 1 aliphatic rings. The number of para-hydroxylation sites is 2. The smallest absolute Gasteiger partial charge is 0.213 e. The number of halogens is 1. The van der Waals surface area contributed by atoms with Crippen molar-refractivity contribution < 1.29 is 12.4 Å². The zero-order valence-electron chi connectivity index (χ0n) is 21.7. The number of benzene rings is 5. The molecule has 0 bridgehead atoms. The van der Waals surface area contributed by atoms with Gasteiger partial charge in [0, 0.05) is 40.5 Å². The summed E-state index contributed by atoms with van der Waals surface area (Å²) in [6.07, 6.45) is 0. The van der Waals surface area contributed by atoms with Gasteiger partial charge in [-0.2, -0.15) is 4.58 Å². The zero-order valence-corrected chi connectivity index (χ0v) is 22.4. The highest BCUT2D eigenvalue weighted by Gasteiger charge is 2.25. The van der Waals surface area contributed by atoms with Gasteiger partial charge in [0.05, 0.1) is 11.1 Å². The molecule has 0 saturated carbocycles. The van der Waals surface area contributed by atoms with Crippen molar-refractivity contribution in [2.45, 2.75) is 20.4 Å². The molecule has 1 aromatic heterocycles. The van der Waals surface area contributed by atoms with Crippen LogP contribution >= 0.6 is 0 Å². The fourth-order valence-corrected chi connectivity index (χ4v) is 6.20. The normalized spacial score (nSPS) is 12.8. The van der Waals surface area contributed by atoms with Gasteiger partial charge in [0.1, 0.15) is 6.54 Å². The molecule has 0 spiro atoms. The van der Waals surface area contributed by atoms with Gasteiger partial charge in [-0.3, -0.25) is 0 Å². The van der Waals surface area contributed by atoms with E-state index in [1.54, 1.807) is 0 Å². The maximum Gasteiger partial charge on any atom is 0.213 e. The minimum Gasteiger partial charge on any atom is -1.00 e. The third-order valence-corrected chi connectivity index (χ3v) is 7.82. The van der Waals surface area contributed by atoms with E-state index in [4.69, 9.17) is 0 Å². The fraction of sp³-hybridized carbons (Fsp3) is 0.114. The Labute approximate surface area is 229 Å². The van der Waals surface area contributed by atoms with Crippen LogP contribution in [-0.2, 0) is 6.54 Å². The van der Waals surface area contributed by atoms with Gasteiger partial charge in [0.25, 0.3) is 0 Å². The highest BCUT2D eigenvalue weighted by atomic mass is 35.5. The van der Waals surface area contributed by atoms with Crippen LogP contribution in [0.2, 0.25) is 0 Å². The standard InChI is InChI=1S/C35H29N2.ClH/c1-3-36-31-16-10-8-14-27(31)29-22-25(18-20-33(29)36)35(24-12-6-5-7-13-24)26-19-21-34-30(23-26)28-15-9-11-17-32(28)37(34)4-2;/h5-23H,3-4H2,1-2H3;1H/q+1;/p-1. The molecule has 2 nitrogen and oxygen atoms in total. The topological polar surface area (TPSA) is 7.94 Å². The highest BCUT2D eigenvalue weighted by molar-refractivity contribution is 6.09. The SMILES string of the molecule is CCn1c2ccccc2c2cc(/C(c3ccccc3)=c3/ccc4c(c3)-c3ccccc3[N+]=4CC)ccc21.[Cl-]. The monoisotopic (exact) mass is 512 g/mol. The van der Waals surface area contributed by atoms with Gasteiger partial charge in [0.2, 0.25) is 11.0 Å². The molecule has 5 aromatic carbocycles. The zero-order chi connectivity index (χ0) is 24.9. The Morgan fingerprint density at radius 2 is 1.37 bits per heavy atom. The molecule has 186 valence electrons. The van der Waals surface area contributed by atoms with Gasteiger partial charge in [-0.25, -0.2) is 0 Å². The molecule has 0 radical (unpaired) electrons. The van der Waals surface area contributed by atoms with Crippen molar-refractivity contribution in [1.82, 2.24) is 9.14 Å². The molecule has 3 heteroatoms. The lowest BCUT2D eigenvalue weighted by molar-refractivity contribution is -0.00000717. The number of hydrogen-bond donors (Lipinski definition) is 0. The largest absolute Gasteiger partial charge is 1.00 e. The number of aryl methyl sites for hydroxylation is 1. The Balaban J connectivity index is 0.00000264. The minimum atomic E-state index is 0. The lowest BCUT2D eigenvalue weighted by atomic mass is 9.93. The second-order valence-electron chi connectivity index (χ2n) is 9.73. The molecule has 1 aliphatic heterocycles. The first-order valence-corrected chi connectivity index (χ1v) is 13.2. The molecule has 38 heavy (non-hydrogen) atoms. The first kappa shape index (κ1) is 24.2. The quantitative estimate of drug-likeness (QED) is 0.317. The Morgan fingerprint density at radius 3 is 2.18 bits per heavy atom. The van der Waals surface area contributed by atoms with Gasteiger partial charge in [-0.05, 0) is 72.2 Å². The predicted octanol–water partition coefficient (Wildman–Crippen LogP) is 3.89. The van der Waals surface area contributed by atoms with Crippen LogP contribution in [0.4, 0.5) is 5.69 Å². The van der Waals surface area contributed by atoms with Gasteiger partial charge >= 0.3 is 0 Å². The van der Waals surface area contributed by atoms with E-state index in [-0.39, 0.29) is 12.4 Å². The van der Waals surface area contributed by atoms with Crippen LogP contribution in [0.25, 0.3) is 38.5 Å². The summed E-state index contributed by atoms with van der Waals surface area (Å²) in [7, 11) is 0. The summed E-state index contributed by atoms with van der Waals surface area (Å²) in [6, 6.07) is 42.4. The van der Waals surface area contributed by atoms with Crippen molar-refractivity contribution in [3.63, 3.8) is 0 Å². The van der Waals surface area contributed by atoms with Crippen molar-refractivity contribution in [2.75, 3.05) is 6.54 Å². The summed E-state index contributed by atoms with van der Waals surface area (Å²) in [5.41, 5.74) is 10.3. The molecule has 0 fully saturated rings. The molecular formula is C35H29ClN2. The molecule has 6 aromatic rings. The van der Waals surface area contributed by atoms with E-state index in [1.807, 2.05) is 0 Å². The summed E-state index contributed by atoms with van der Waals surface area (Å²) >= 11 is 0. The van der Waals surface area contributed by atoms with Crippen LogP contribution in [-0.4, -0.2) is 11.1 Å². The summed E-state index contributed by atoms with van der Waals surface area (Å²) in [4.78, 5) is 0. The third-order valence-electron chi connectivity index (χ3n) is 7.82. The Kier molecular flexibility index (Phi) is 6.13. The average molecular weight is 513 g/mol. The van der Waals surface area contributed by atoms with Crippen LogP contribution in [0, 0.1) is 0 Å². The Hall–Kier alpha value is -4.14. The molecule has 0 saturated heterocycles. The van der Waals surface area contributed by atoms with E-state index in [2.05, 4.69) is 138 Å². The molecule has 7 rings (SSSR count). The van der Waals surface area contributed by atoms with Crippen molar-refractivity contribution in [2.24, 2.45) is 0 Å². The maximum absolute atomic E-state index is 2.42. The van der Waals surface area contributed by atoms with Crippen LogP contribution in [0.3, 0.4) is 0 Å². The van der Waals surface area contributed by atoms with Gasteiger partial charge in [-0.1, -0.05) is 66.7 Å². The average Bonchev–Trinajstić information content (AvgIpc) is 3.45. The summed E-state index contributed by atoms with van der Waals surface area (Å²) in [5.74, 6) is 0. The highest BCUT2D eigenvalue weighted by Crippen LogP contribution is 2.33. The van der Waals surface area contributed by atoms with Gasteiger partial charge in [-0.15, -0.1) is 0 Å². The lowest BCUT2D eigenvalue weighted by Crippen LogP contribution is -3.00. The van der Waals surface area contributed by atoms with Crippen LogP contribution in [0.1, 0.15) is 25.0 Å². The van der Waals surface area contributed by atoms with Gasteiger partial charge in [0.15, 0.2) is 0 Å². The van der Waals surface area contributed by atoms with Crippen LogP contribution < -0.4 is 27.6 Å². The summed E-state index contributed by atoms with van der Waals surface area (Å²) < 4.78 is 4.84. The number of fused-ring (bicyclic) bond motifs is 6. The van der Waals surface area contributed by atoms with E-state index in [9.17, 15) is 0 Å². The molecule has 0 unspecified atom stereocenters. The van der Waals surface area contributed by atoms with E-state index < -0.39 is 0 Å². The summed E-state index contributed by atoms with van der Waals surface area (Å²) in [5, 5.41) is 5.17. The van der Waals surface area contributed by atoms with Crippen molar-refractivity contribution >= 4 is 33.1 Å². The van der Waals surface area contributed by atoms with Crippen LogP contribution in [0.15, 0.2) is 115 Å². The van der Waals surface area contributed by atoms with E-state index >= 15 is 0 Å². The minimum absolute atomic E-state index is 0. The molecule has 0 aliphatic carbocycles.